The van der Waals surface area contributed by atoms with Gasteiger partial charge in [-0.3, -0.25) is 4.79 Å². The Morgan fingerprint density at radius 2 is 1.94 bits per heavy atom. The Balaban J connectivity index is 1.52. The summed E-state index contributed by atoms with van der Waals surface area (Å²) in [7, 11) is 0. The lowest BCUT2D eigenvalue weighted by Crippen LogP contribution is -2.40. The van der Waals surface area contributed by atoms with Gasteiger partial charge < -0.3 is 24.3 Å². The first kappa shape index (κ1) is 22.7. The highest BCUT2D eigenvalue weighted by Gasteiger charge is 2.22. The molecule has 0 aromatic heterocycles. The molecular formula is C25H31NO5. The molecule has 0 spiro atoms. The molecule has 1 aliphatic rings. The van der Waals surface area contributed by atoms with E-state index in [4.69, 9.17) is 18.9 Å². The van der Waals surface area contributed by atoms with Crippen molar-refractivity contribution in [1.29, 1.82) is 0 Å². The smallest absolute Gasteiger partial charge is 0.244 e. The average molecular weight is 426 g/mol. The van der Waals surface area contributed by atoms with E-state index in [9.17, 15) is 4.79 Å². The first-order valence-corrected chi connectivity index (χ1v) is 10.8. The minimum atomic E-state index is -0.139. The molecule has 0 bridgehead atoms. The molecule has 31 heavy (non-hydrogen) atoms. The van der Waals surface area contributed by atoms with Gasteiger partial charge in [0, 0.05) is 12.7 Å². The third kappa shape index (κ3) is 7.33. The van der Waals surface area contributed by atoms with Crippen molar-refractivity contribution in [2.24, 2.45) is 0 Å². The molecule has 2 aromatic rings. The van der Waals surface area contributed by atoms with Gasteiger partial charge in [0.05, 0.1) is 18.8 Å². The van der Waals surface area contributed by atoms with Gasteiger partial charge in [-0.2, -0.15) is 0 Å². The number of nitrogens with one attached hydrogen (secondary N) is 1. The second-order valence-electron chi connectivity index (χ2n) is 7.33. The molecular weight excluding hydrogens is 394 g/mol. The predicted octanol–water partition coefficient (Wildman–Crippen LogP) is 4.24. The molecule has 1 amide bonds. The minimum absolute atomic E-state index is 0.00693. The molecule has 1 heterocycles. The molecule has 0 aliphatic carbocycles. The molecule has 6 heteroatoms. The monoisotopic (exact) mass is 425 g/mol. The number of carbonyl (C=O) groups excluding carboxylic acids is 1. The zero-order valence-electron chi connectivity index (χ0n) is 18.2. The SMILES string of the molecule is CCOc1cc(/C=C/C(=O)NC(C)C2CCCO2)ccc1OCCOc1ccccc1. The second kappa shape index (κ2) is 12.0. The Kier molecular flexibility index (Phi) is 8.79. The van der Waals surface area contributed by atoms with Gasteiger partial charge in [0.2, 0.25) is 5.91 Å². The van der Waals surface area contributed by atoms with Crippen molar-refractivity contribution in [3.05, 3.63) is 60.2 Å². The molecule has 2 aromatic carbocycles. The topological polar surface area (TPSA) is 66.0 Å². The van der Waals surface area contributed by atoms with Crippen molar-refractivity contribution in [2.45, 2.75) is 38.8 Å². The normalized spacial score (nSPS) is 16.8. The maximum absolute atomic E-state index is 12.2. The summed E-state index contributed by atoms with van der Waals surface area (Å²) < 4.78 is 22.8. The quantitative estimate of drug-likeness (QED) is 0.431. The Hall–Kier alpha value is -2.99. The molecule has 3 rings (SSSR count). The summed E-state index contributed by atoms with van der Waals surface area (Å²) in [6, 6.07) is 15.2. The van der Waals surface area contributed by atoms with Crippen LogP contribution in [0.1, 0.15) is 32.3 Å². The van der Waals surface area contributed by atoms with Crippen LogP contribution >= 0.6 is 0 Å². The van der Waals surface area contributed by atoms with Crippen molar-refractivity contribution in [3.8, 4) is 17.2 Å². The van der Waals surface area contributed by atoms with E-state index in [0.717, 1.165) is 30.8 Å². The van der Waals surface area contributed by atoms with Crippen LogP contribution in [-0.4, -0.2) is 44.5 Å². The lowest BCUT2D eigenvalue weighted by Gasteiger charge is -2.18. The van der Waals surface area contributed by atoms with E-state index in [0.29, 0.717) is 31.3 Å². The van der Waals surface area contributed by atoms with Gasteiger partial charge in [-0.25, -0.2) is 0 Å². The maximum Gasteiger partial charge on any atom is 0.244 e. The van der Waals surface area contributed by atoms with Crippen LogP contribution in [0.15, 0.2) is 54.6 Å². The molecule has 2 atom stereocenters. The molecule has 1 N–H and O–H groups in total. The highest BCUT2D eigenvalue weighted by atomic mass is 16.5. The number of amides is 1. The number of carbonyl (C=O) groups is 1. The standard InChI is InChI=1S/C25H31NO5/c1-3-28-24-18-20(12-14-25(27)26-19(2)22-10-7-15-30-22)11-13-23(24)31-17-16-29-21-8-5-4-6-9-21/h4-6,8-9,11-14,18-19,22H,3,7,10,15-17H2,1-2H3,(H,26,27)/b14-12+. The van der Waals surface area contributed by atoms with Crippen LogP contribution in [-0.2, 0) is 9.53 Å². The Morgan fingerprint density at radius 1 is 1.13 bits per heavy atom. The van der Waals surface area contributed by atoms with Crippen LogP contribution in [0, 0.1) is 0 Å². The lowest BCUT2D eigenvalue weighted by atomic mass is 10.1. The third-order valence-corrected chi connectivity index (χ3v) is 4.94. The van der Waals surface area contributed by atoms with Gasteiger partial charge >= 0.3 is 0 Å². The fourth-order valence-corrected chi connectivity index (χ4v) is 3.38. The summed E-state index contributed by atoms with van der Waals surface area (Å²) >= 11 is 0. The predicted molar refractivity (Wildman–Crippen MR) is 121 cm³/mol. The van der Waals surface area contributed by atoms with E-state index >= 15 is 0 Å². The average Bonchev–Trinajstić information content (AvgIpc) is 3.32. The van der Waals surface area contributed by atoms with E-state index in [-0.39, 0.29) is 18.1 Å². The fraction of sp³-hybridized carbons (Fsp3) is 0.400. The molecule has 0 radical (unpaired) electrons. The van der Waals surface area contributed by atoms with E-state index in [1.165, 1.54) is 6.08 Å². The van der Waals surface area contributed by atoms with Crippen LogP contribution in [0.3, 0.4) is 0 Å². The van der Waals surface area contributed by atoms with Crippen molar-refractivity contribution in [2.75, 3.05) is 26.4 Å². The number of benzene rings is 2. The summed E-state index contributed by atoms with van der Waals surface area (Å²) in [6.07, 6.45) is 5.44. The molecule has 6 nitrogen and oxygen atoms in total. The van der Waals surface area contributed by atoms with Gasteiger partial charge in [-0.15, -0.1) is 0 Å². The number of hydrogen-bond acceptors (Lipinski definition) is 5. The Bertz CT molecular complexity index is 846. The first-order valence-electron chi connectivity index (χ1n) is 10.8. The third-order valence-electron chi connectivity index (χ3n) is 4.94. The number of para-hydroxylation sites is 1. The van der Waals surface area contributed by atoms with Gasteiger partial charge in [0.25, 0.3) is 0 Å². The van der Waals surface area contributed by atoms with Crippen LogP contribution in [0.2, 0.25) is 0 Å². The first-order chi connectivity index (χ1) is 15.2. The van der Waals surface area contributed by atoms with Crippen LogP contribution in [0.5, 0.6) is 17.2 Å². The van der Waals surface area contributed by atoms with Gasteiger partial charge in [-0.1, -0.05) is 24.3 Å². The number of ether oxygens (including phenoxy) is 4. The van der Waals surface area contributed by atoms with Gasteiger partial charge in [0.1, 0.15) is 19.0 Å². The van der Waals surface area contributed by atoms with E-state index in [2.05, 4.69) is 5.32 Å². The minimum Gasteiger partial charge on any atom is -0.490 e. The van der Waals surface area contributed by atoms with E-state index in [1.54, 1.807) is 6.08 Å². The van der Waals surface area contributed by atoms with Crippen LogP contribution in [0.4, 0.5) is 0 Å². The highest BCUT2D eigenvalue weighted by molar-refractivity contribution is 5.92. The van der Waals surface area contributed by atoms with Crippen molar-refractivity contribution in [1.82, 2.24) is 5.32 Å². The Morgan fingerprint density at radius 3 is 2.68 bits per heavy atom. The molecule has 2 unspecified atom stereocenters. The molecule has 0 saturated carbocycles. The molecule has 166 valence electrons. The summed E-state index contributed by atoms with van der Waals surface area (Å²) in [5, 5.41) is 2.97. The van der Waals surface area contributed by atoms with Gasteiger partial charge in [0.15, 0.2) is 11.5 Å². The molecule has 1 saturated heterocycles. The van der Waals surface area contributed by atoms with Crippen molar-refractivity contribution in [3.63, 3.8) is 0 Å². The maximum atomic E-state index is 12.2. The van der Waals surface area contributed by atoms with Crippen LogP contribution < -0.4 is 19.5 Å². The second-order valence-corrected chi connectivity index (χ2v) is 7.33. The molecule has 1 fully saturated rings. The lowest BCUT2D eigenvalue weighted by molar-refractivity contribution is -0.117. The fourth-order valence-electron chi connectivity index (χ4n) is 3.38. The largest absolute Gasteiger partial charge is 0.490 e. The van der Waals surface area contributed by atoms with Crippen LogP contribution in [0.25, 0.3) is 6.08 Å². The number of rotatable bonds is 11. The van der Waals surface area contributed by atoms with E-state index in [1.807, 2.05) is 62.4 Å². The number of hydrogen-bond donors (Lipinski definition) is 1. The zero-order chi connectivity index (χ0) is 21.9. The summed E-state index contributed by atoms with van der Waals surface area (Å²) in [5.41, 5.74) is 0.858. The molecule has 1 aliphatic heterocycles. The van der Waals surface area contributed by atoms with E-state index < -0.39 is 0 Å². The highest BCUT2D eigenvalue weighted by Crippen LogP contribution is 2.29. The van der Waals surface area contributed by atoms with Crippen molar-refractivity contribution >= 4 is 12.0 Å². The Labute approximate surface area is 184 Å². The van der Waals surface area contributed by atoms with Crippen molar-refractivity contribution < 1.29 is 23.7 Å². The summed E-state index contributed by atoms with van der Waals surface area (Å²) in [6.45, 7) is 6.01. The van der Waals surface area contributed by atoms with Gasteiger partial charge in [-0.05, 0) is 62.6 Å². The summed E-state index contributed by atoms with van der Waals surface area (Å²) in [4.78, 5) is 12.2. The zero-order valence-corrected chi connectivity index (χ0v) is 18.2. The summed E-state index contributed by atoms with van der Waals surface area (Å²) in [5.74, 6) is 1.95.